The molecule has 1 N–H and O–H groups in total. The molecule has 2 aromatic carbocycles. The van der Waals surface area contributed by atoms with Gasteiger partial charge in [-0.05, 0) is 42.8 Å². The Morgan fingerprint density at radius 2 is 1.79 bits per heavy atom. The van der Waals surface area contributed by atoms with E-state index in [0.29, 0.717) is 33.2 Å². The number of halogens is 2. The van der Waals surface area contributed by atoms with Gasteiger partial charge in [0.2, 0.25) is 5.88 Å². The van der Waals surface area contributed by atoms with Gasteiger partial charge in [0.1, 0.15) is 5.75 Å². The lowest BCUT2D eigenvalue weighted by atomic mass is 10.1. The lowest BCUT2D eigenvalue weighted by Crippen LogP contribution is -1.93. The van der Waals surface area contributed by atoms with Gasteiger partial charge in [0, 0.05) is 5.56 Å². The number of fused-ring (bicyclic) bond motifs is 1. The Kier molecular flexibility index (Phi) is 4.75. The van der Waals surface area contributed by atoms with Crippen LogP contribution in [0, 0.1) is 0 Å². The molecule has 142 valence electrons. The second-order valence-corrected chi connectivity index (χ2v) is 6.96. The highest BCUT2D eigenvalue weighted by molar-refractivity contribution is 6.42. The summed E-state index contributed by atoms with van der Waals surface area (Å²) in [6.45, 7) is 5.56. The van der Waals surface area contributed by atoms with E-state index in [1.165, 1.54) is 0 Å². The van der Waals surface area contributed by atoms with Crippen LogP contribution in [0.5, 0.6) is 11.6 Å². The van der Waals surface area contributed by atoms with Crippen LogP contribution in [0.2, 0.25) is 10.0 Å². The van der Waals surface area contributed by atoms with Gasteiger partial charge in [0.05, 0.1) is 28.5 Å². The summed E-state index contributed by atoms with van der Waals surface area (Å²) in [5.41, 5.74) is 3.04. The molecule has 0 spiro atoms. The zero-order chi connectivity index (χ0) is 19.8. The summed E-state index contributed by atoms with van der Waals surface area (Å²) >= 11 is 12.1. The zero-order valence-corrected chi connectivity index (χ0v) is 16.7. The Morgan fingerprint density at radius 1 is 1.07 bits per heavy atom. The summed E-state index contributed by atoms with van der Waals surface area (Å²) in [6.07, 6.45) is 0. The first-order chi connectivity index (χ1) is 13.5. The monoisotopic (exact) mass is 414 g/mol. The SMILES string of the molecule is C=C(C)Oc1nn2[nH]c(-c3ccc(Cl)c(Cl)c3)nc2c1-c1ccc(OC)cc1. The molecule has 28 heavy (non-hydrogen) atoms. The molecular formula is C20H16Cl2N4O2. The highest BCUT2D eigenvalue weighted by Crippen LogP contribution is 2.36. The number of H-pyrrole nitrogens is 1. The standard InChI is InChI=1S/C20H16Cl2N4O2/c1-11(2)28-20-17(12-4-7-14(27-3)8-5-12)19-23-18(24-26(19)25-20)13-6-9-15(21)16(22)10-13/h4-10H,1H2,2-3H3,(H,23,24). The van der Waals surface area contributed by atoms with Crippen LogP contribution in [0.3, 0.4) is 0 Å². The first-order valence-electron chi connectivity index (χ1n) is 8.38. The Hall–Kier alpha value is -2.96. The molecule has 6 nitrogen and oxygen atoms in total. The molecule has 0 aliphatic heterocycles. The molecule has 0 bridgehead atoms. The van der Waals surface area contributed by atoms with Crippen LogP contribution >= 0.6 is 23.2 Å². The Bertz CT molecular complexity index is 1180. The van der Waals surface area contributed by atoms with Crippen molar-refractivity contribution in [1.82, 2.24) is 19.8 Å². The average molecular weight is 415 g/mol. The number of methoxy groups -OCH3 is 1. The second-order valence-electron chi connectivity index (χ2n) is 6.15. The number of ether oxygens (including phenoxy) is 2. The molecule has 0 unspecified atom stereocenters. The molecular weight excluding hydrogens is 399 g/mol. The third-order valence-corrected chi connectivity index (χ3v) is 4.84. The minimum absolute atomic E-state index is 0.414. The zero-order valence-electron chi connectivity index (χ0n) is 15.2. The lowest BCUT2D eigenvalue weighted by Gasteiger charge is -2.05. The van der Waals surface area contributed by atoms with E-state index in [0.717, 1.165) is 22.4 Å². The Labute approximate surface area is 171 Å². The number of benzene rings is 2. The van der Waals surface area contributed by atoms with Gasteiger partial charge in [-0.2, -0.15) is 0 Å². The van der Waals surface area contributed by atoms with Crippen LogP contribution in [-0.4, -0.2) is 26.9 Å². The van der Waals surface area contributed by atoms with Crippen LogP contribution in [0.1, 0.15) is 6.92 Å². The van der Waals surface area contributed by atoms with Gasteiger partial charge in [-0.3, -0.25) is 5.10 Å². The van der Waals surface area contributed by atoms with Crippen LogP contribution in [0.4, 0.5) is 0 Å². The quantitative estimate of drug-likeness (QED) is 0.430. The number of aromatic nitrogens is 4. The molecule has 2 aromatic heterocycles. The molecule has 0 aliphatic rings. The van der Waals surface area contributed by atoms with Crippen molar-refractivity contribution in [3.8, 4) is 34.1 Å². The average Bonchev–Trinajstić information content (AvgIpc) is 3.21. The predicted molar refractivity (Wildman–Crippen MR) is 110 cm³/mol. The van der Waals surface area contributed by atoms with E-state index in [-0.39, 0.29) is 0 Å². The van der Waals surface area contributed by atoms with Crippen molar-refractivity contribution in [2.45, 2.75) is 6.92 Å². The largest absolute Gasteiger partial charge is 0.497 e. The fraction of sp³-hybridized carbons (Fsp3) is 0.100. The van der Waals surface area contributed by atoms with E-state index in [1.54, 1.807) is 30.8 Å². The summed E-state index contributed by atoms with van der Waals surface area (Å²) in [5, 5.41) is 8.56. The van der Waals surface area contributed by atoms with E-state index in [4.69, 9.17) is 37.7 Å². The fourth-order valence-corrected chi connectivity index (χ4v) is 3.12. The van der Waals surface area contributed by atoms with Crippen molar-refractivity contribution >= 4 is 28.8 Å². The Balaban J connectivity index is 1.87. The van der Waals surface area contributed by atoms with Crippen molar-refractivity contribution in [2.24, 2.45) is 0 Å². The molecule has 0 saturated heterocycles. The van der Waals surface area contributed by atoms with Gasteiger partial charge in [-0.1, -0.05) is 41.9 Å². The van der Waals surface area contributed by atoms with Crippen LogP contribution in [-0.2, 0) is 0 Å². The molecule has 0 amide bonds. The van der Waals surface area contributed by atoms with Crippen molar-refractivity contribution < 1.29 is 9.47 Å². The Morgan fingerprint density at radius 3 is 2.43 bits per heavy atom. The first-order valence-corrected chi connectivity index (χ1v) is 9.14. The highest BCUT2D eigenvalue weighted by Gasteiger charge is 2.21. The second kappa shape index (κ2) is 7.22. The summed E-state index contributed by atoms with van der Waals surface area (Å²) in [4.78, 5) is 4.70. The van der Waals surface area contributed by atoms with Crippen molar-refractivity contribution in [1.29, 1.82) is 0 Å². The maximum atomic E-state index is 6.14. The summed E-state index contributed by atoms with van der Waals surface area (Å²) in [7, 11) is 1.62. The molecule has 0 fully saturated rings. The third-order valence-electron chi connectivity index (χ3n) is 4.10. The molecule has 0 aliphatic carbocycles. The topological polar surface area (TPSA) is 64.4 Å². The highest BCUT2D eigenvalue weighted by atomic mass is 35.5. The normalized spacial score (nSPS) is 11.0. The molecule has 0 radical (unpaired) electrons. The number of hydrogen-bond donors (Lipinski definition) is 1. The van der Waals surface area contributed by atoms with Gasteiger partial charge in [-0.15, -0.1) is 9.73 Å². The minimum Gasteiger partial charge on any atom is -0.497 e. The number of nitrogens with one attached hydrogen (secondary N) is 1. The minimum atomic E-state index is 0.414. The molecule has 0 saturated carbocycles. The smallest absolute Gasteiger partial charge is 0.250 e. The number of hydrogen-bond acceptors (Lipinski definition) is 4. The number of rotatable bonds is 5. The summed E-state index contributed by atoms with van der Waals surface area (Å²) < 4.78 is 12.5. The molecule has 2 heterocycles. The van der Waals surface area contributed by atoms with Gasteiger partial charge >= 0.3 is 0 Å². The first kappa shape index (κ1) is 18.4. The van der Waals surface area contributed by atoms with Crippen LogP contribution in [0.15, 0.2) is 54.8 Å². The van der Waals surface area contributed by atoms with Gasteiger partial charge < -0.3 is 9.47 Å². The van der Waals surface area contributed by atoms with E-state index in [9.17, 15) is 0 Å². The van der Waals surface area contributed by atoms with Gasteiger partial charge in [0.25, 0.3) is 0 Å². The predicted octanol–water partition coefficient (Wildman–Crippen LogP) is 5.62. The molecule has 8 heteroatoms. The third kappa shape index (κ3) is 3.32. The van der Waals surface area contributed by atoms with Crippen molar-refractivity contribution in [3.05, 3.63) is 64.8 Å². The van der Waals surface area contributed by atoms with Gasteiger partial charge in [0.15, 0.2) is 11.5 Å². The van der Waals surface area contributed by atoms with E-state index in [2.05, 4.69) is 16.8 Å². The fourth-order valence-electron chi connectivity index (χ4n) is 2.82. The van der Waals surface area contributed by atoms with Crippen LogP contribution < -0.4 is 9.47 Å². The maximum absolute atomic E-state index is 6.14. The molecule has 4 aromatic rings. The summed E-state index contributed by atoms with van der Waals surface area (Å²) in [5.74, 6) is 2.31. The van der Waals surface area contributed by atoms with E-state index < -0.39 is 0 Å². The summed E-state index contributed by atoms with van der Waals surface area (Å²) in [6, 6.07) is 12.9. The van der Waals surface area contributed by atoms with Crippen molar-refractivity contribution in [3.63, 3.8) is 0 Å². The van der Waals surface area contributed by atoms with Crippen molar-refractivity contribution in [2.75, 3.05) is 7.11 Å². The maximum Gasteiger partial charge on any atom is 0.250 e. The van der Waals surface area contributed by atoms with Gasteiger partial charge in [-0.25, -0.2) is 4.98 Å². The number of allylic oxidation sites excluding steroid dienone is 1. The number of aromatic amines is 1. The molecule has 0 atom stereocenters. The van der Waals surface area contributed by atoms with Crippen LogP contribution in [0.25, 0.3) is 28.2 Å². The molecule has 4 rings (SSSR count). The lowest BCUT2D eigenvalue weighted by molar-refractivity contribution is 0.409. The van der Waals surface area contributed by atoms with E-state index >= 15 is 0 Å². The number of nitrogens with zero attached hydrogens (tertiary/aromatic N) is 3. The van der Waals surface area contributed by atoms with E-state index in [1.807, 2.05) is 30.3 Å².